The molecule has 0 radical (unpaired) electrons. The van der Waals surface area contributed by atoms with Crippen molar-refractivity contribution in [2.45, 2.75) is 25.3 Å². The first kappa shape index (κ1) is 14.7. The molecule has 1 saturated heterocycles. The van der Waals surface area contributed by atoms with Gasteiger partial charge in [-0.15, -0.1) is 0 Å². The Morgan fingerprint density at radius 3 is 2.64 bits per heavy atom. The third kappa shape index (κ3) is 3.49. The quantitative estimate of drug-likeness (QED) is 0.939. The van der Waals surface area contributed by atoms with Crippen LogP contribution in [-0.4, -0.2) is 39.0 Å². The second-order valence-corrected chi connectivity index (χ2v) is 5.67. The molecule has 0 amide bonds. The number of carboxylic acid groups (broad SMARTS) is 1. The summed E-state index contributed by atoms with van der Waals surface area (Å²) in [5.74, 6) is 0.419. The lowest BCUT2D eigenvalue weighted by molar-refractivity contribution is 0.0697. The molecular formula is C17H19N3O2. The summed E-state index contributed by atoms with van der Waals surface area (Å²) < 4.78 is 0. The Kier molecular flexibility index (Phi) is 4.44. The van der Waals surface area contributed by atoms with Crippen molar-refractivity contribution in [2.24, 2.45) is 0 Å². The average Bonchev–Trinajstić information content (AvgIpc) is 2.56. The van der Waals surface area contributed by atoms with Crippen LogP contribution in [0.25, 0.3) is 0 Å². The zero-order valence-corrected chi connectivity index (χ0v) is 12.4. The van der Waals surface area contributed by atoms with E-state index in [0.717, 1.165) is 38.3 Å². The van der Waals surface area contributed by atoms with E-state index in [0.29, 0.717) is 11.5 Å². The molecule has 1 aromatic carbocycles. The van der Waals surface area contributed by atoms with Crippen molar-refractivity contribution >= 4 is 5.97 Å². The molecule has 1 aliphatic heterocycles. The van der Waals surface area contributed by atoms with E-state index < -0.39 is 5.97 Å². The van der Waals surface area contributed by atoms with Gasteiger partial charge in [-0.1, -0.05) is 12.1 Å². The lowest BCUT2D eigenvalue weighted by Crippen LogP contribution is -2.34. The molecule has 1 unspecified atom stereocenters. The van der Waals surface area contributed by atoms with Gasteiger partial charge in [0.15, 0.2) is 0 Å². The van der Waals surface area contributed by atoms with Crippen molar-refractivity contribution in [3.05, 3.63) is 59.7 Å². The zero-order valence-electron chi connectivity index (χ0n) is 12.4. The molecule has 2 heterocycles. The van der Waals surface area contributed by atoms with E-state index in [9.17, 15) is 4.79 Å². The van der Waals surface area contributed by atoms with Gasteiger partial charge in [-0.25, -0.2) is 14.8 Å². The molecule has 0 saturated carbocycles. The summed E-state index contributed by atoms with van der Waals surface area (Å²) in [6.07, 6.45) is 5.82. The third-order valence-electron chi connectivity index (χ3n) is 4.12. The fourth-order valence-corrected chi connectivity index (χ4v) is 2.98. The Bertz CT molecular complexity index is 628. The normalized spacial score (nSPS) is 19.0. The van der Waals surface area contributed by atoms with E-state index in [2.05, 4.69) is 14.9 Å². The van der Waals surface area contributed by atoms with Crippen LogP contribution in [0.5, 0.6) is 0 Å². The molecule has 0 bridgehead atoms. The SMILES string of the molecule is O=C(O)c1ccc(C2CCCN(Cc3ncccn3)C2)cc1. The number of nitrogens with zero attached hydrogens (tertiary/aromatic N) is 3. The number of aromatic nitrogens is 2. The summed E-state index contributed by atoms with van der Waals surface area (Å²) in [6.45, 7) is 2.79. The van der Waals surface area contributed by atoms with Crippen LogP contribution in [0.2, 0.25) is 0 Å². The van der Waals surface area contributed by atoms with E-state index in [1.165, 1.54) is 5.56 Å². The maximum absolute atomic E-state index is 10.9. The Balaban J connectivity index is 1.66. The minimum absolute atomic E-state index is 0.342. The molecule has 0 spiro atoms. The Morgan fingerprint density at radius 1 is 1.23 bits per heavy atom. The number of carboxylic acids is 1. The van der Waals surface area contributed by atoms with E-state index in [-0.39, 0.29) is 0 Å². The van der Waals surface area contributed by atoms with Crippen LogP contribution in [0.4, 0.5) is 0 Å². The van der Waals surface area contributed by atoms with Crippen molar-refractivity contribution < 1.29 is 9.90 Å². The summed E-state index contributed by atoms with van der Waals surface area (Å²) in [5, 5.41) is 8.97. The first-order valence-electron chi connectivity index (χ1n) is 7.54. The predicted octanol–water partition coefficient (Wildman–Crippen LogP) is 2.55. The first-order chi connectivity index (χ1) is 10.7. The molecule has 1 N–H and O–H groups in total. The van der Waals surface area contributed by atoms with E-state index in [4.69, 9.17) is 5.11 Å². The number of hydrogen-bond acceptors (Lipinski definition) is 4. The molecule has 5 nitrogen and oxygen atoms in total. The highest BCUT2D eigenvalue weighted by Gasteiger charge is 2.22. The maximum atomic E-state index is 10.9. The number of benzene rings is 1. The van der Waals surface area contributed by atoms with Crippen molar-refractivity contribution in [3.8, 4) is 0 Å². The van der Waals surface area contributed by atoms with Gasteiger partial charge in [0.2, 0.25) is 0 Å². The molecule has 1 aromatic heterocycles. The molecular weight excluding hydrogens is 278 g/mol. The van der Waals surface area contributed by atoms with Crippen LogP contribution >= 0.6 is 0 Å². The van der Waals surface area contributed by atoms with Gasteiger partial charge in [0.1, 0.15) is 5.82 Å². The van der Waals surface area contributed by atoms with Crippen LogP contribution in [-0.2, 0) is 6.54 Å². The summed E-state index contributed by atoms with van der Waals surface area (Å²) in [5.41, 5.74) is 1.55. The van der Waals surface area contributed by atoms with Crippen molar-refractivity contribution in [1.82, 2.24) is 14.9 Å². The van der Waals surface area contributed by atoms with Gasteiger partial charge in [-0.3, -0.25) is 4.90 Å². The summed E-state index contributed by atoms with van der Waals surface area (Å²) in [7, 11) is 0. The molecule has 1 aliphatic rings. The Morgan fingerprint density at radius 2 is 1.95 bits per heavy atom. The van der Waals surface area contributed by atoms with Gasteiger partial charge in [0.05, 0.1) is 12.1 Å². The van der Waals surface area contributed by atoms with Gasteiger partial charge in [0.25, 0.3) is 0 Å². The predicted molar refractivity (Wildman–Crippen MR) is 82.7 cm³/mol. The lowest BCUT2D eigenvalue weighted by Gasteiger charge is -2.32. The molecule has 5 heteroatoms. The topological polar surface area (TPSA) is 66.3 Å². The second-order valence-electron chi connectivity index (χ2n) is 5.67. The average molecular weight is 297 g/mol. The minimum Gasteiger partial charge on any atom is -0.478 e. The Labute approximate surface area is 129 Å². The molecule has 1 fully saturated rings. The van der Waals surface area contributed by atoms with Crippen molar-refractivity contribution in [2.75, 3.05) is 13.1 Å². The van der Waals surface area contributed by atoms with Crippen LogP contribution in [0.3, 0.4) is 0 Å². The van der Waals surface area contributed by atoms with Gasteiger partial charge in [-0.05, 0) is 49.1 Å². The smallest absolute Gasteiger partial charge is 0.335 e. The van der Waals surface area contributed by atoms with Crippen LogP contribution in [0.1, 0.15) is 40.5 Å². The lowest BCUT2D eigenvalue weighted by atomic mass is 9.90. The Hall–Kier alpha value is -2.27. The number of hydrogen-bond donors (Lipinski definition) is 1. The van der Waals surface area contributed by atoms with E-state index >= 15 is 0 Å². The molecule has 1 atom stereocenters. The summed E-state index contributed by atoms with van der Waals surface area (Å²) in [4.78, 5) is 21.9. The fraction of sp³-hybridized carbons (Fsp3) is 0.353. The number of piperidine rings is 1. The molecule has 22 heavy (non-hydrogen) atoms. The number of aromatic carboxylic acids is 1. The largest absolute Gasteiger partial charge is 0.478 e. The molecule has 114 valence electrons. The molecule has 2 aromatic rings. The summed E-state index contributed by atoms with van der Waals surface area (Å²) in [6, 6.07) is 9.09. The maximum Gasteiger partial charge on any atom is 0.335 e. The second kappa shape index (κ2) is 6.66. The van der Waals surface area contributed by atoms with Gasteiger partial charge in [-0.2, -0.15) is 0 Å². The number of rotatable bonds is 4. The van der Waals surface area contributed by atoms with Crippen molar-refractivity contribution in [1.29, 1.82) is 0 Å². The summed E-state index contributed by atoms with van der Waals surface area (Å²) >= 11 is 0. The van der Waals surface area contributed by atoms with Crippen LogP contribution in [0, 0.1) is 0 Å². The molecule has 0 aliphatic carbocycles. The van der Waals surface area contributed by atoms with Crippen molar-refractivity contribution in [3.63, 3.8) is 0 Å². The zero-order chi connectivity index (χ0) is 15.4. The fourth-order valence-electron chi connectivity index (χ4n) is 2.98. The highest BCUT2D eigenvalue weighted by molar-refractivity contribution is 5.87. The van der Waals surface area contributed by atoms with E-state index in [1.54, 1.807) is 24.5 Å². The van der Waals surface area contributed by atoms with Gasteiger partial charge < -0.3 is 5.11 Å². The monoisotopic (exact) mass is 297 g/mol. The van der Waals surface area contributed by atoms with Gasteiger partial charge >= 0.3 is 5.97 Å². The van der Waals surface area contributed by atoms with Gasteiger partial charge in [0, 0.05) is 18.9 Å². The highest BCUT2D eigenvalue weighted by Crippen LogP contribution is 2.27. The molecule has 3 rings (SSSR count). The van der Waals surface area contributed by atoms with E-state index in [1.807, 2.05) is 18.2 Å². The number of likely N-dealkylation sites (tertiary alicyclic amines) is 1. The first-order valence-corrected chi connectivity index (χ1v) is 7.54. The standard InChI is InChI=1S/C17H19N3O2/c21-17(22)14-6-4-13(5-7-14)15-3-1-10-20(11-15)12-16-18-8-2-9-19-16/h2,4-9,15H,1,3,10-12H2,(H,21,22). The van der Waals surface area contributed by atoms with Crippen LogP contribution in [0.15, 0.2) is 42.7 Å². The highest BCUT2D eigenvalue weighted by atomic mass is 16.4. The minimum atomic E-state index is -0.877. The van der Waals surface area contributed by atoms with Crippen LogP contribution < -0.4 is 0 Å². The third-order valence-corrected chi connectivity index (χ3v) is 4.12. The number of carbonyl (C=O) groups is 1.